The lowest BCUT2D eigenvalue weighted by Gasteiger charge is -2.12. The average molecular weight is 503 g/mol. The van der Waals surface area contributed by atoms with Gasteiger partial charge in [0.1, 0.15) is 5.75 Å². The number of carboxylic acid groups (broad SMARTS) is 1. The third-order valence-electron chi connectivity index (χ3n) is 4.54. The van der Waals surface area contributed by atoms with Gasteiger partial charge in [0.05, 0.1) is 22.8 Å². The topological polar surface area (TPSA) is 79.2 Å². The first-order valence-electron chi connectivity index (χ1n) is 9.98. The average Bonchev–Trinajstić information content (AvgIpc) is 3.03. The van der Waals surface area contributed by atoms with E-state index in [0.29, 0.717) is 28.9 Å². The first kappa shape index (κ1) is 23.1. The van der Waals surface area contributed by atoms with Crippen LogP contribution in [-0.4, -0.2) is 40.2 Å². The number of amidine groups is 1. The van der Waals surface area contributed by atoms with Crippen LogP contribution in [-0.2, 0) is 4.79 Å². The predicted molar refractivity (Wildman–Crippen MR) is 128 cm³/mol. The quantitative estimate of drug-likeness (QED) is 0.356. The number of unbranched alkanes of at least 4 members (excludes halogenated alkanes) is 1. The highest BCUT2D eigenvalue weighted by molar-refractivity contribution is 9.10. The van der Waals surface area contributed by atoms with Crippen LogP contribution in [0.5, 0.6) is 5.75 Å². The van der Waals surface area contributed by atoms with Gasteiger partial charge in [-0.2, -0.15) is 0 Å². The summed E-state index contributed by atoms with van der Waals surface area (Å²) in [5, 5.41) is 9.72. The maximum atomic E-state index is 13.0. The van der Waals surface area contributed by atoms with Crippen LogP contribution in [0.4, 0.5) is 5.69 Å². The maximum absolute atomic E-state index is 13.0. The SMILES string of the molecule is CCCCOc1ccc(Br)cc1/C=C1/SC(=Nc2cccc(C(=O)O)c2)N(CC)C1=O. The van der Waals surface area contributed by atoms with Gasteiger partial charge in [0.15, 0.2) is 5.17 Å². The molecule has 0 aromatic heterocycles. The Bertz CT molecular complexity index is 1050. The number of carbonyl (C=O) groups excluding carboxylic acids is 1. The summed E-state index contributed by atoms with van der Waals surface area (Å²) in [5.41, 5.74) is 1.45. The Kier molecular flexibility index (Phi) is 7.92. The number of ether oxygens (including phenoxy) is 1. The Labute approximate surface area is 194 Å². The van der Waals surface area contributed by atoms with Crippen molar-refractivity contribution in [2.24, 2.45) is 4.99 Å². The first-order chi connectivity index (χ1) is 14.9. The van der Waals surface area contributed by atoms with E-state index in [1.54, 1.807) is 17.0 Å². The number of hydrogen-bond acceptors (Lipinski definition) is 5. The number of amides is 1. The van der Waals surface area contributed by atoms with Crippen molar-refractivity contribution in [2.45, 2.75) is 26.7 Å². The van der Waals surface area contributed by atoms with Crippen molar-refractivity contribution >= 4 is 56.5 Å². The van der Waals surface area contributed by atoms with Gasteiger partial charge in [0.2, 0.25) is 0 Å². The lowest BCUT2D eigenvalue weighted by atomic mass is 10.2. The zero-order chi connectivity index (χ0) is 22.4. The third kappa shape index (κ3) is 5.77. The van der Waals surface area contributed by atoms with Crippen molar-refractivity contribution in [3.8, 4) is 5.75 Å². The number of aliphatic imine (C=N–C) groups is 1. The summed E-state index contributed by atoms with van der Waals surface area (Å²) in [5.74, 6) is -0.435. The molecule has 1 amide bonds. The molecule has 1 fully saturated rings. The summed E-state index contributed by atoms with van der Waals surface area (Å²) < 4.78 is 6.80. The van der Waals surface area contributed by atoms with Gasteiger partial charge in [-0.1, -0.05) is 35.3 Å². The molecule has 0 aliphatic carbocycles. The van der Waals surface area contributed by atoms with Crippen LogP contribution in [0.15, 0.2) is 56.8 Å². The molecule has 1 heterocycles. The fourth-order valence-corrected chi connectivity index (χ4v) is 4.35. The molecule has 0 spiro atoms. The van der Waals surface area contributed by atoms with E-state index in [9.17, 15) is 14.7 Å². The molecule has 8 heteroatoms. The van der Waals surface area contributed by atoms with Gasteiger partial charge in [-0.25, -0.2) is 9.79 Å². The monoisotopic (exact) mass is 502 g/mol. The summed E-state index contributed by atoms with van der Waals surface area (Å²) in [6, 6.07) is 12.1. The maximum Gasteiger partial charge on any atom is 0.335 e. The zero-order valence-electron chi connectivity index (χ0n) is 17.3. The molecule has 162 valence electrons. The van der Waals surface area contributed by atoms with Crippen LogP contribution in [0.1, 0.15) is 42.6 Å². The molecule has 2 aromatic carbocycles. The second-order valence-electron chi connectivity index (χ2n) is 6.79. The minimum atomic E-state index is -1.02. The van der Waals surface area contributed by atoms with Gasteiger partial charge in [-0.15, -0.1) is 0 Å². The van der Waals surface area contributed by atoms with Gasteiger partial charge in [0.25, 0.3) is 5.91 Å². The van der Waals surface area contributed by atoms with E-state index in [4.69, 9.17) is 4.74 Å². The van der Waals surface area contributed by atoms with E-state index in [2.05, 4.69) is 27.8 Å². The second kappa shape index (κ2) is 10.6. The molecule has 0 unspecified atom stereocenters. The Balaban J connectivity index is 1.93. The van der Waals surface area contributed by atoms with Crippen molar-refractivity contribution in [1.82, 2.24) is 4.90 Å². The number of aromatic carboxylic acids is 1. The first-order valence-corrected chi connectivity index (χ1v) is 11.6. The van der Waals surface area contributed by atoms with Crippen LogP contribution in [0.25, 0.3) is 6.08 Å². The Hall–Kier alpha value is -2.58. The van der Waals surface area contributed by atoms with E-state index < -0.39 is 5.97 Å². The normalized spacial score (nSPS) is 16.4. The fraction of sp³-hybridized carbons (Fsp3) is 0.261. The van der Waals surface area contributed by atoms with Gasteiger partial charge in [-0.05, 0) is 67.6 Å². The van der Waals surface area contributed by atoms with Crippen LogP contribution < -0.4 is 4.74 Å². The van der Waals surface area contributed by atoms with E-state index in [1.165, 1.54) is 23.9 Å². The molecular weight excluding hydrogens is 480 g/mol. The molecule has 1 aliphatic rings. The van der Waals surface area contributed by atoms with Crippen molar-refractivity contribution in [1.29, 1.82) is 0 Å². The number of carboxylic acids is 1. The smallest absolute Gasteiger partial charge is 0.335 e. The predicted octanol–water partition coefficient (Wildman–Crippen LogP) is 5.95. The summed E-state index contributed by atoms with van der Waals surface area (Å²) in [7, 11) is 0. The van der Waals surface area contributed by atoms with Crippen molar-refractivity contribution < 1.29 is 19.4 Å². The van der Waals surface area contributed by atoms with Gasteiger partial charge >= 0.3 is 5.97 Å². The second-order valence-corrected chi connectivity index (χ2v) is 8.72. The molecule has 31 heavy (non-hydrogen) atoms. The molecule has 0 radical (unpaired) electrons. The number of hydrogen-bond donors (Lipinski definition) is 1. The van der Waals surface area contributed by atoms with Crippen molar-refractivity contribution in [3.63, 3.8) is 0 Å². The summed E-state index contributed by atoms with van der Waals surface area (Å²) in [4.78, 5) is 30.9. The number of nitrogens with zero attached hydrogens (tertiary/aromatic N) is 2. The number of likely N-dealkylation sites (N-methyl/N-ethyl adjacent to an activating group) is 1. The lowest BCUT2D eigenvalue weighted by Crippen LogP contribution is -2.28. The van der Waals surface area contributed by atoms with Crippen LogP contribution in [0, 0.1) is 0 Å². The molecule has 1 saturated heterocycles. The Morgan fingerprint density at radius 1 is 1.26 bits per heavy atom. The van der Waals surface area contributed by atoms with Crippen LogP contribution in [0.2, 0.25) is 0 Å². The highest BCUT2D eigenvalue weighted by atomic mass is 79.9. The van der Waals surface area contributed by atoms with E-state index in [1.807, 2.05) is 31.2 Å². The molecule has 3 rings (SSSR count). The number of benzene rings is 2. The molecule has 1 aliphatic heterocycles. The Morgan fingerprint density at radius 3 is 2.77 bits per heavy atom. The van der Waals surface area contributed by atoms with E-state index in [0.717, 1.165) is 28.6 Å². The highest BCUT2D eigenvalue weighted by Crippen LogP contribution is 2.36. The lowest BCUT2D eigenvalue weighted by molar-refractivity contribution is -0.122. The number of thioether (sulfide) groups is 1. The fourth-order valence-electron chi connectivity index (χ4n) is 2.92. The summed E-state index contributed by atoms with van der Waals surface area (Å²) in [6.07, 6.45) is 3.81. The van der Waals surface area contributed by atoms with Gasteiger partial charge in [-0.3, -0.25) is 9.69 Å². The molecule has 1 N–H and O–H groups in total. The molecule has 0 atom stereocenters. The number of halogens is 1. The summed E-state index contributed by atoms with van der Waals surface area (Å²) in [6.45, 7) is 5.05. The Morgan fingerprint density at radius 2 is 2.06 bits per heavy atom. The standard InChI is InChI=1S/C23H23BrN2O4S/c1-3-5-11-30-19-10-9-17(24)12-16(19)14-20-21(27)26(4-2)23(31-20)25-18-8-6-7-15(13-18)22(28)29/h6-10,12-14H,3-5,11H2,1-2H3,(H,28,29)/b20-14+,25-23?. The molecule has 0 saturated carbocycles. The zero-order valence-corrected chi connectivity index (χ0v) is 19.7. The number of carbonyl (C=O) groups is 2. The van der Waals surface area contributed by atoms with E-state index >= 15 is 0 Å². The minimum Gasteiger partial charge on any atom is -0.493 e. The summed E-state index contributed by atoms with van der Waals surface area (Å²) >= 11 is 4.75. The van der Waals surface area contributed by atoms with Crippen molar-refractivity contribution in [3.05, 3.63) is 63.0 Å². The molecule has 6 nitrogen and oxygen atoms in total. The highest BCUT2D eigenvalue weighted by Gasteiger charge is 2.32. The van der Waals surface area contributed by atoms with Crippen molar-refractivity contribution in [2.75, 3.05) is 13.2 Å². The number of rotatable bonds is 8. The van der Waals surface area contributed by atoms with E-state index in [-0.39, 0.29) is 11.5 Å². The van der Waals surface area contributed by atoms with Crippen LogP contribution in [0.3, 0.4) is 0 Å². The van der Waals surface area contributed by atoms with Gasteiger partial charge < -0.3 is 9.84 Å². The molecule has 0 bridgehead atoms. The minimum absolute atomic E-state index is 0.139. The van der Waals surface area contributed by atoms with Gasteiger partial charge in [0, 0.05) is 16.6 Å². The molecular formula is C23H23BrN2O4S. The van der Waals surface area contributed by atoms with Crippen LogP contribution >= 0.6 is 27.7 Å². The largest absolute Gasteiger partial charge is 0.493 e. The third-order valence-corrected chi connectivity index (χ3v) is 6.04. The molecule has 2 aromatic rings.